The first kappa shape index (κ1) is 32.6. The average Bonchev–Trinajstić information content (AvgIpc) is 3.97. The van der Waals surface area contributed by atoms with Crippen molar-refractivity contribution in [2.45, 2.75) is 51.0 Å². The van der Waals surface area contributed by atoms with E-state index in [1.54, 1.807) is 31.5 Å². The summed E-state index contributed by atoms with van der Waals surface area (Å²) in [4.78, 5) is 31.6. The molecular formula is C35H47N11OS. The highest BCUT2D eigenvalue weighted by molar-refractivity contribution is 7.99. The molecule has 3 aromatic heterocycles. The van der Waals surface area contributed by atoms with Gasteiger partial charge >= 0.3 is 0 Å². The minimum atomic E-state index is 0.450. The number of anilines is 6. The summed E-state index contributed by atoms with van der Waals surface area (Å²) in [5, 5.41) is 7.11. The lowest BCUT2D eigenvalue weighted by Gasteiger charge is -2.42. The van der Waals surface area contributed by atoms with Crippen LogP contribution in [0, 0.1) is 0 Å². The van der Waals surface area contributed by atoms with Crippen molar-refractivity contribution in [2.24, 2.45) is 0 Å². The molecule has 7 rings (SSSR count). The Morgan fingerprint density at radius 1 is 0.938 bits per heavy atom. The molecule has 0 unspecified atom stereocenters. The van der Waals surface area contributed by atoms with Crippen LogP contribution in [0.15, 0.2) is 36.8 Å². The van der Waals surface area contributed by atoms with E-state index in [4.69, 9.17) is 19.7 Å². The molecule has 5 heterocycles. The number of hydrogen-bond acceptors (Lipinski definition) is 13. The molecule has 1 aliphatic carbocycles. The third-order valence-corrected chi connectivity index (χ3v) is 10.7. The number of ether oxygens (including phenoxy) is 1. The fraction of sp³-hybridized carbons (Fsp3) is 0.514. The van der Waals surface area contributed by atoms with Gasteiger partial charge in [-0.3, -0.25) is 14.9 Å². The molecule has 0 atom stereocenters. The summed E-state index contributed by atoms with van der Waals surface area (Å²) in [5.74, 6) is 3.30. The summed E-state index contributed by atoms with van der Waals surface area (Å²) in [6, 6.07) is 6.87. The van der Waals surface area contributed by atoms with Crippen molar-refractivity contribution in [1.82, 2.24) is 34.7 Å². The second-order valence-corrected chi connectivity index (χ2v) is 13.9. The van der Waals surface area contributed by atoms with Gasteiger partial charge in [0.15, 0.2) is 0 Å². The van der Waals surface area contributed by atoms with E-state index in [0.717, 1.165) is 104 Å². The van der Waals surface area contributed by atoms with Gasteiger partial charge in [0.05, 0.1) is 24.0 Å². The lowest BCUT2D eigenvalue weighted by molar-refractivity contribution is 0.0981. The number of fused-ring (bicyclic) bond motifs is 1. The van der Waals surface area contributed by atoms with Crippen LogP contribution in [0.1, 0.15) is 49.7 Å². The molecule has 3 aliphatic rings. The van der Waals surface area contributed by atoms with Gasteiger partial charge in [-0.15, -0.1) is 0 Å². The number of pyridine rings is 1. The van der Waals surface area contributed by atoms with Crippen LogP contribution in [0.4, 0.5) is 34.6 Å². The van der Waals surface area contributed by atoms with Crippen molar-refractivity contribution in [1.29, 1.82) is 0 Å². The number of aromatic nitrogens is 5. The molecule has 2 N–H and O–H groups in total. The Hall–Kier alpha value is -3.94. The molecule has 254 valence electrons. The van der Waals surface area contributed by atoms with E-state index in [1.165, 1.54) is 18.7 Å². The molecule has 2 aliphatic heterocycles. The van der Waals surface area contributed by atoms with Gasteiger partial charge in [0.2, 0.25) is 11.8 Å². The van der Waals surface area contributed by atoms with Gasteiger partial charge in [-0.1, -0.05) is 18.9 Å². The monoisotopic (exact) mass is 669 g/mol. The summed E-state index contributed by atoms with van der Waals surface area (Å²) in [6.45, 7) is 8.85. The van der Waals surface area contributed by atoms with Crippen LogP contribution in [-0.2, 0) is 6.42 Å². The zero-order chi connectivity index (χ0) is 33.2. The SMILES string of the molecule is CCc1cc(Nc2ncc(C3CC3)c(Nc3ccc4nccnc4c3N(C)SC)n2)c(OC)nc1N1CCC(N2CCN(C)CC2)CC1. The minimum absolute atomic E-state index is 0.450. The Bertz CT molecular complexity index is 1740. The third kappa shape index (κ3) is 6.81. The number of piperidine rings is 1. The summed E-state index contributed by atoms with van der Waals surface area (Å²) >= 11 is 1.62. The molecule has 1 aromatic carbocycles. The van der Waals surface area contributed by atoms with Crippen LogP contribution in [0.25, 0.3) is 11.0 Å². The van der Waals surface area contributed by atoms with E-state index in [1.807, 2.05) is 19.3 Å². The minimum Gasteiger partial charge on any atom is -0.479 e. The summed E-state index contributed by atoms with van der Waals surface area (Å²) < 4.78 is 7.97. The van der Waals surface area contributed by atoms with Crippen molar-refractivity contribution in [3.63, 3.8) is 0 Å². The molecule has 0 bridgehead atoms. The normalized spacial score (nSPS) is 17.9. The lowest BCUT2D eigenvalue weighted by Crippen LogP contribution is -2.52. The molecule has 2 saturated heterocycles. The molecule has 12 nitrogen and oxygen atoms in total. The van der Waals surface area contributed by atoms with Gasteiger partial charge in [0.25, 0.3) is 0 Å². The Balaban J connectivity index is 1.14. The zero-order valence-corrected chi connectivity index (χ0v) is 29.6. The second kappa shape index (κ2) is 14.3. The van der Waals surface area contributed by atoms with Gasteiger partial charge in [-0.05, 0) is 68.8 Å². The predicted octanol–water partition coefficient (Wildman–Crippen LogP) is 5.68. The van der Waals surface area contributed by atoms with Gasteiger partial charge in [0.1, 0.15) is 22.8 Å². The first-order valence-electron chi connectivity index (χ1n) is 17.1. The highest BCUT2D eigenvalue weighted by atomic mass is 32.2. The molecule has 0 amide bonds. The summed E-state index contributed by atoms with van der Waals surface area (Å²) in [5.41, 5.74) is 6.63. The highest BCUT2D eigenvalue weighted by Crippen LogP contribution is 2.45. The maximum absolute atomic E-state index is 5.86. The van der Waals surface area contributed by atoms with E-state index >= 15 is 0 Å². The zero-order valence-electron chi connectivity index (χ0n) is 28.7. The number of nitrogens with one attached hydrogen (secondary N) is 2. The van der Waals surface area contributed by atoms with Crippen LogP contribution < -0.4 is 24.6 Å². The van der Waals surface area contributed by atoms with Crippen LogP contribution >= 0.6 is 11.9 Å². The number of aryl methyl sites for hydroxylation is 1. The van der Waals surface area contributed by atoms with Crippen LogP contribution in [0.5, 0.6) is 5.88 Å². The first-order chi connectivity index (χ1) is 23.4. The van der Waals surface area contributed by atoms with E-state index in [2.05, 4.69) is 72.0 Å². The molecule has 13 heteroatoms. The molecule has 1 saturated carbocycles. The van der Waals surface area contributed by atoms with Gasteiger partial charge in [-0.2, -0.15) is 9.97 Å². The van der Waals surface area contributed by atoms with Gasteiger partial charge < -0.3 is 29.5 Å². The molecule has 0 radical (unpaired) electrons. The van der Waals surface area contributed by atoms with E-state index in [0.29, 0.717) is 23.8 Å². The number of methoxy groups -OCH3 is 1. The number of nitrogens with zero attached hydrogens (tertiary/aromatic N) is 9. The average molecular weight is 670 g/mol. The molecule has 0 spiro atoms. The maximum Gasteiger partial charge on any atom is 0.239 e. The first-order valence-corrected chi connectivity index (χ1v) is 18.3. The Kier molecular flexibility index (Phi) is 9.69. The van der Waals surface area contributed by atoms with E-state index in [9.17, 15) is 0 Å². The molecular weight excluding hydrogens is 623 g/mol. The predicted molar refractivity (Wildman–Crippen MR) is 197 cm³/mol. The van der Waals surface area contributed by atoms with Gasteiger partial charge in [-0.25, -0.2) is 4.98 Å². The third-order valence-electron chi connectivity index (χ3n) is 9.97. The number of benzene rings is 1. The maximum atomic E-state index is 5.86. The Morgan fingerprint density at radius 2 is 1.71 bits per heavy atom. The number of hydrogen-bond donors (Lipinski definition) is 2. The van der Waals surface area contributed by atoms with Crippen molar-refractivity contribution in [2.75, 3.05) is 86.6 Å². The van der Waals surface area contributed by atoms with Crippen LogP contribution in [0.2, 0.25) is 0 Å². The fourth-order valence-corrected chi connectivity index (χ4v) is 7.33. The van der Waals surface area contributed by atoms with Crippen molar-refractivity contribution in [3.8, 4) is 5.88 Å². The standard InChI is InChI=1S/C35H47N11OS/c1-6-23-21-29(34(47-4)42-33(23)46-15-11-25(12-16-46)45-19-17-43(2)18-20-45)40-35-38-22-26(24-7-8-24)32(41-35)39-28-10-9-27-30(37-14-13-36-27)31(28)44(3)48-5/h9-10,13-14,21-22,24-25H,6-8,11-12,15-20H2,1-5H3,(H2,38,39,40,41). The number of piperazine rings is 1. The summed E-state index contributed by atoms with van der Waals surface area (Å²) in [6.07, 6.45) is 12.9. The Labute approximate surface area is 287 Å². The van der Waals surface area contributed by atoms with Gasteiger partial charge in [0, 0.05) is 82.8 Å². The Morgan fingerprint density at radius 3 is 2.42 bits per heavy atom. The number of likely N-dealkylation sites (N-methyl/N-ethyl adjacent to an activating group) is 1. The van der Waals surface area contributed by atoms with Crippen molar-refractivity contribution in [3.05, 3.63) is 47.9 Å². The molecule has 4 aromatic rings. The fourth-order valence-electron chi connectivity index (χ4n) is 6.96. The second-order valence-electron chi connectivity index (χ2n) is 13.0. The van der Waals surface area contributed by atoms with Crippen LogP contribution in [-0.4, -0.2) is 107 Å². The lowest BCUT2D eigenvalue weighted by atomic mass is 10.0. The molecule has 48 heavy (non-hydrogen) atoms. The largest absolute Gasteiger partial charge is 0.479 e. The quantitative estimate of drug-likeness (QED) is 0.191. The highest BCUT2D eigenvalue weighted by Gasteiger charge is 2.30. The molecule has 3 fully saturated rings. The van der Waals surface area contributed by atoms with Crippen molar-refractivity contribution >= 4 is 57.6 Å². The smallest absolute Gasteiger partial charge is 0.239 e. The summed E-state index contributed by atoms with van der Waals surface area (Å²) in [7, 11) is 5.94. The van der Waals surface area contributed by atoms with E-state index in [-0.39, 0.29) is 0 Å². The van der Waals surface area contributed by atoms with Crippen molar-refractivity contribution < 1.29 is 4.74 Å². The topological polar surface area (TPSA) is 111 Å². The number of rotatable bonds is 11. The van der Waals surface area contributed by atoms with Crippen LogP contribution in [0.3, 0.4) is 0 Å². The van der Waals surface area contributed by atoms with E-state index < -0.39 is 0 Å².